The van der Waals surface area contributed by atoms with Crippen LogP contribution in [0.4, 0.5) is 0 Å². The van der Waals surface area contributed by atoms with Crippen LogP contribution in [0.15, 0.2) is 48.5 Å². The monoisotopic (exact) mass is 408 g/mol. The molecule has 0 radical (unpaired) electrons. The number of benzene rings is 2. The Balaban J connectivity index is 2.16. The number of hydrogen-bond acceptors (Lipinski definition) is 2. The van der Waals surface area contributed by atoms with Crippen LogP contribution in [0, 0.1) is 6.92 Å². The molecule has 2 aromatic rings. The summed E-state index contributed by atoms with van der Waals surface area (Å²) < 4.78 is 0. The van der Waals surface area contributed by atoms with Crippen molar-refractivity contribution in [2.45, 2.75) is 72.4 Å². The highest BCUT2D eigenvalue weighted by atomic mass is 16.2. The van der Waals surface area contributed by atoms with Crippen LogP contribution in [0.25, 0.3) is 0 Å². The first-order valence-electron chi connectivity index (χ1n) is 11.2. The number of aryl methyl sites for hydroxylation is 3. The Labute approximate surface area is 181 Å². The van der Waals surface area contributed by atoms with Gasteiger partial charge in [-0.2, -0.15) is 0 Å². The zero-order valence-corrected chi connectivity index (χ0v) is 18.9. The van der Waals surface area contributed by atoms with Gasteiger partial charge in [0.2, 0.25) is 11.8 Å². The smallest absolute Gasteiger partial charge is 0.242 e. The van der Waals surface area contributed by atoms with Crippen molar-refractivity contribution in [2.24, 2.45) is 0 Å². The van der Waals surface area contributed by atoms with Gasteiger partial charge in [0.05, 0.1) is 0 Å². The second kappa shape index (κ2) is 12.2. The van der Waals surface area contributed by atoms with Gasteiger partial charge in [-0.05, 0) is 49.3 Å². The zero-order valence-electron chi connectivity index (χ0n) is 18.9. The molecule has 0 heterocycles. The molecule has 1 N–H and O–H groups in total. The summed E-state index contributed by atoms with van der Waals surface area (Å²) in [4.78, 5) is 27.8. The molecule has 1 atom stereocenters. The lowest BCUT2D eigenvalue weighted by Crippen LogP contribution is -2.49. The van der Waals surface area contributed by atoms with Gasteiger partial charge in [0.1, 0.15) is 6.04 Å². The lowest BCUT2D eigenvalue weighted by molar-refractivity contribution is -0.141. The molecule has 0 aromatic heterocycles. The first kappa shape index (κ1) is 23.7. The molecule has 162 valence electrons. The standard InChI is InChI=1S/C26H36N2O2/c1-5-17-27-26(30)24(7-3)28(19-23-10-8-9-20(4)18-23)25(29)16-15-22-13-11-21(6-2)12-14-22/h8-14,18,24H,5-7,15-17,19H2,1-4H3,(H,27,30). The number of carbonyl (C=O) groups is 2. The minimum absolute atomic E-state index is 0.0228. The predicted octanol–water partition coefficient (Wildman–Crippen LogP) is 4.82. The molecule has 0 saturated carbocycles. The maximum absolute atomic E-state index is 13.3. The van der Waals surface area contributed by atoms with E-state index in [1.807, 2.05) is 39.0 Å². The third-order valence-electron chi connectivity index (χ3n) is 5.43. The molecule has 4 heteroatoms. The lowest BCUT2D eigenvalue weighted by Gasteiger charge is -2.31. The molecule has 0 saturated heterocycles. The SMILES string of the molecule is CCCNC(=O)C(CC)N(Cc1cccc(C)c1)C(=O)CCc1ccc(CC)cc1. The quantitative estimate of drug-likeness (QED) is 0.579. The molecule has 0 fully saturated rings. The number of amides is 2. The predicted molar refractivity (Wildman–Crippen MR) is 123 cm³/mol. The number of hydrogen-bond donors (Lipinski definition) is 1. The van der Waals surface area contributed by atoms with Gasteiger partial charge >= 0.3 is 0 Å². The molecule has 1 unspecified atom stereocenters. The van der Waals surface area contributed by atoms with Crippen molar-refractivity contribution in [3.8, 4) is 0 Å². The molecular weight excluding hydrogens is 372 g/mol. The normalized spacial score (nSPS) is 11.7. The van der Waals surface area contributed by atoms with E-state index in [1.54, 1.807) is 4.90 Å². The van der Waals surface area contributed by atoms with Crippen LogP contribution in [0.2, 0.25) is 0 Å². The van der Waals surface area contributed by atoms with Gasteiger partial charge in [-0.15, -0.1) is 0 Å². The topological polar surface area (TPSA) is 49.4 Å². The van der Waals surface area contributed by atoms with Gasteiger partial charge in [0.15, 0.2) is 0 Å². The Kier molecular flexibility index (Phi) is 9.59. The molecule has 2 amide bonds. The summed E-state index contributed by atoms with van der Waals surface area (Å²) >= 11 is 0. The molecule has 2 rings (SSSR count). The van der Waals surface area contributed by atoms with Gasteiger partial charge in [0, 0.05) is 19.5 Å². The van der Waals surface area contributed by atoms with E-state index in [9.17, 15) is 9.59 Å². The molecule has 0 aliphatic heterocycles. The van der Waals surface area contributed by atoms with Crippen molar-refractivity contribution < 1.29 is 9.59 Å². The molecule has 30 heavy (non-hydrogen) atoms. The molecule has 0 aliphatic carbocycles. The van der Waals surface area contributed by atoms with Crippen LogP contribution in [-0.4, -0.2) is 29.3 Å². The van der Waals surface area contributed by atoms with Crippen LogP contribution in [0.1, 0.15) is 62.3 Å². The minimum Gasteiger partial charge on any atom is -0.354 e. The van der Waals surface area contributed by atoms with E-state index in [4.69, 9.17) is 0 Å². The van der Waals surface area contributed by atoms with Gasteiger partial charge in [-0.25, -0.2) is 0 Å². The van der Waals surface area contributed by atoms with E-state index in [0.717, 1.165) is 29.5 Å². The first-order chi connectivity index (χ1) is 14.5. The molecular formula is C26H36N2O2. The summed E-state index contributed by atoms with van der Waals surface area (Å²) in [5, 5.41) is 2.97. The van der Waals surface area contributed by atoms with Gasteiger partial charge in [-0.3, -0.25) is 9.59 Å². The van der Waals surface area contributed by atoms with Crippen LogP contribution in [0.3, 0.4) is 0 Å². The van der Waals surface area contributed by atoms with E-state index in [-0.39, 0.29) is 11.8 Å². The van der Waals surface area contributed by atoms with Crippen molar-refractivity contribution in [1.29, 1.82) is 0 Å². The maximum atomic E-state index is 13.3. The second-order valence-electron chi connectivity index (χ2n) is 7.90. The lowest BCUT2D eigenvalue weighted by atomic mass is 10.0. The Morgan fingerprint density at radius 2 is 1.67 bits per heavy atom. The first-order valence-corrected chi connectivity index (χ1v) is 11.2. The highest BCUT2D eigenvalue weighted by Crippen LogP contribution is 2.16. The summed E-state index contributed by atoms with van der Waals surface area (Å²) in [6, 6.07) is 16.1. The van der Waals surface area contributed by atoms with Crippen molar-refractivity contribution in [3.05, 3.63) is 70.8 Å². The van der Waals surface area contributed by atoms with Crippen LogP contribution < -0.4 is 5.32 Å². The second-order valence-corrected chi connectivity index (χ2v) is 7.90. The number of rotatable bonds is 11. The Morgan fingerprint density at radius 3 is 2.27 bits per heavy atom. The Morgan fingerprint density at radius 1 is 0.967 bits per heavy atom. The molecule has 2 aromatic carbocycles. The molecule has 4 nitrogen and oxygen atoms in total. The van der Waals surface area contributed by atoms with Crippen LogP contribution in [-0.2, 0) is 29.0 Å². The van der Waals surface area contributed by atoms with Crippen molar-refractivity contribution in [3.63, 3.8) is 0 Å². The fourth-order valence-corrected chi connectivity index (χ4v) is 3.63. The summed E-state index contributed by atoms with van der Waals surface area (Å²) in [6.07, 6.45) is 3.56. The summed E-state index contributed by atoms with van der Waals surface area (Å²) in [5.41, 5.74) is 4.65. The fraction of sp³-hybridized carbons (Fsp3) is 0.462. The van der Waals surface area contributed by atoms with Crippen LogP contribution >= 0.6 is 0 Å². The minimum atomic E-state index is -0.452. The highest BCUT2D eigenvalue weighted by Gasteiger charge is 2.28. The van der Waals surface area contributed by atoms with Gasteiger partial charge in [0.25, 0.3) is 0 Å². The summed E-state index contributed by atoms with van der Waals surface area (Å²) in [6.45, 7) is 9.26. The maximum Gasteiger partial charge on any atom is 0.242 e. The van der Waals surface area contributed by atoms with Gasteiger partial charge in [-0.1, -0.05) is 74.9 Å². The average molecular weight is 409 g/mol. The van der Waals surface area contributed by atoms with Gasteiger partial charge < -0.3 is 10.2 Å². The zero-order chi connectivity index (χ0) is 21.9. The van der Waals surface area contributed by atoms with E-state index in [1.165, 1.54) is 5.56 Å². The number of nitrogens with zero attached hydrogens (tertiary/aromatic N) is 1. The van der Waals surface area contributed by atoms with Crippen molar-refractivity contribution >= 4 is 11.8 Å². The van der Waals surface area contributed by atoms with Crippen molar-refractivity contribution in [2.75, 3.05) is 6.54 Å². The third kappa shape index (κ3) is 7.01. The third-order valence-corrected chi connectivity index (χ3v) is 5.43. The van der Waals surface area contributed by atoms with E-state index in [2.05, 4.69) is 42.6 Å². The van der Waals surface area contributed by atoms with E-state index >= 15 is 0 Å². The van der Waals surface area contributed by atoms with E-state index in [0.29, 0.717) is 32.4 Å². The van der Waals surface area contributed by atoms with Crippen molar-refractivity contribution in [1.82, 2.24) is 10.2 Å². The van der Waals surface area contributed by atoms with Crippen LogP contribution in [0.5, 0.6) is 0 Å². The molecule has 0 spiro atoms. The Bertz CT molecular complexity index is 814. The largest absolute Gasteiger partial charge is 0.354 e. The molecule has 0 bridgehead atoms. The highest BCUT2D eigenvalue weighted by molar-refractivity contribution is 5.87. The Hall–Kier alpha value is -2.62. The molecule has 0 aliphatic rings. The summed E-state index contributed by atoms with van der Waals surface area (Å²) in [7, 11) is 0. The number of nitrogens with one attached hydrogen (secondary N) is 1. The summed E-state index contributed by atoms with van der Waals surface area (Å²) in [5.74, 6) is -0.0396. The average Bonchev–Trinajstić information content (AvgIpc) is 2.76. The van der Waals surface area contributed by atoms with E-state index < -0.39 is 6.04 Å². The number of carbonyl (C=O) groups excluding carboxylic acids is 2. The fourth-order valence-electron chi connectivity index (χ4n) is 3.63.